The molecule has 0 amide bonds. The largest absolute Gasteiger partial charge is 0.391 e. The Balaban J connectivity index is 1.77. The van der Waals surface area contributed by atoms with Crippen LogP contribution < -0.4 is 4.84 Å². The van der Waals surface area contributed by atoms with E-state index in [1.165, 1.54) is 0 Å². The Morgan fingerprint density at radius 2 is 1.36 bits per heavy atom. The smallest absolute Gasteiger partial charge is 0.145 e. The number of benzene rings is 3. The highest BCUT2D eigenvalue weighted by Crippen LogP contribution is 2.31. The van der Waals surface area contributed by atoms with E-state index in [4.69, 9.17) is 33.1 Å². The summed E-state index contributed by atoms with van der Waals surface area (Å²) in [4.78, 5) is 7.63. The number of rotatable bonds is 5. The van der Waals surface area contributed by atoms with Crippen LogP contribution in [0.25, 0.3) is 22.5 Å². The van der Waals surface area contributed by atoms with Crippen LogP contribution in [0.5, 0.6) is 0 Å². The first-order chi connectivity index (χ1) is 13.6. The Labute approximate surface area is 174 Å². The first-order valence-corrected chi connectivity index (χ1v) is 9.67. The van der Waals surface area contributed by atoms with Gasteiger partial charge in [0.1, 0.15) is 12.3 Å². The molecule has 0 N–H and O–H groups in total. The van der Waals surface area contributed by atoms with Gasteiger partial charge in [-0.25, -0.2) is 0 Å². The molecular weight excluding hydrogens is 391 g/mol. The van der Waals surface area contributed by atoms with Crippen molar-refractivity contribution in [3.63, 3.8) is 0 Å². The average molecular weight is 409 g/mol. The molecular formula is C23H18Cl2N2O. The van der Waals surface area contributed by atoms with Gasteiger partial charge < -0.3 is 4.84 Å². The Kier molecular flexibility index (Phi) is 5.38. The van der Waals surface area contributed by atoms with Crippen molar-refractivity contribution in [3.05, 3.63) is 100 Å². The van der Waals surface area contributed by atoms with Crippen molar-refractivity contribution in [1.29, 1.82) is 0 Å². The minimum Gasteiger partial charge on any atom is -0.391 e. The molecule has 1 aromatic heterocycles. The minimum absolute atomic E-state index is 0.216. The van der Waals surface area contributed by atoms with Crippen molar-refractivity contribution in [3.8, 4) is 22.5 Å². The fraction of sp³-hybridized carbons (Fsp3) is 0.0870. The van der Waals surface area contributed by atoms with Crippen molar-refractivity contribution >= 4 is 23.2 Å². The highest BCUT2D eigenvalue weighted by Gasteiger charge is 2.19. The molecule has 0 aliphatic carbocycles. The van der Waals surface area contributed by atoms with E-state index in [9.17, 15) is 0 Å². The van der Waals surface area contributed by atoms with Crippen molar-refractivity contribution in [2.24, 2.45) is 0 Å². The fourth-order valence-electron chi connectivity index (χ4n) is 3.15. The zero-order chi connectivity index (χ0) is 19.5. The predicted molar refractivity (Wildman–Crippen MR) is 115 cm³/mol. The molecule has 0 saturated carbocycles. The number of hydrogen-bond acceptors (Lipinski definition) is 2. The molecule has 1 heterocycles. The summed E-state index contributed by atoms with van der Waals surface area (Å²) in [6, 6.07) is 25.6. The highest BCUT2D eigenvalue weighted by atomic mass is 35.5. The van der Waals surface area contributed by atoms with Gasteiger partial charge in [0.15, 0.2) is 0 Å². The lowest BCUT2D eigenvalue weighted by molar-refractivity contribution is 0.0742. The zero-order valence-corrected chi connectivity index (χ0v) is 16.8. The van der Waals surface area contributed by atoms with Crippen molar-refractivity contribution in [1.82, 2.24) is 9.94 Å². The molecule has 0 atom stereocenters. The Hall–Kier alpha value is -2.75. The molecule has 4 rings (SSSR count). The van der Waals surface area contributed by atoms with Crippen LogP contribution in [0.1, 0.15) is 11.1 Å². The summed E-state index contributed by atoms with van der Waals surface area (Å²) >= 11 is 12.6. The van der Waals surface area contributed by atoms with E-state index in [0.717, 1.165) is 33.6 Å². The van der Waals surface area contributed by atoms with Crippen LogP contribution in [0.4, 0.5) is 0 Å². The van der Waals surface area contributed by atoms with E-state index >= 15 is 0 Å². The summed E-state index contributed by atoms with van der Waals surface area (Å²) < 4.78 is 0. The van der Waals surface area contributed by atoms with E-state index in [1.807, 2.05) is 66.7 Å². The summed E-state index contributed by atoms with van der Waals surface area (Å²) in [5.41, 5.74) is 5.63. The van der Waals surface area contributed by atoms with Gasteiger partial charge in [0, 0.05) is 32.3 Å². The quantitative estimate of drug-likeness (QED) is 0.378. The number of aromatic nitrogens is 2. The van der Waals surface area contributed by atoms with Gasteiger partial charge in [0.25, 0.3) is 0 Å². The van der Waals surface area contributed by atoms with Gasteiger partial charge in [-0.3, -0.25) is 0 Å². The molecule has 0 spiro atoms. The molecule has 28 heavy (non-hydrogen) atoms. The lowest BCUT2D eigenvalue weighted by Crippen LogP contribution is -2.15. The van der Waals surface area contributed by atoms with Gasteiger partial charge in [-0.1, -0.05) is 94.8 Å². The second-order valence-electron chi connectivity index (χ2n) is 6.40. The molecule has 140 valence electrons. The average Bonchev–Trinajstić information content (AvgIpc) is 3.05. The van der Waals surface area contributed by atoms with Gasteiger partial charge in [0.2, 0.25) is 0 Å². The second-order valence-corrected chi connectivity index (χ2v) is 7.22. The van der Waals surface area contributed by atoms with Crippen LogP contribution in [0.3, 0.4) is 0 Å². The van der Waals surface area contributed by atoms with Gasteiger partial charge in [-0.2, -0.15) is 0 Å². The zero-order valence-electron chi connectivity index (χ0n) is 15.3. The Bertz CT molecular complexity index is 1070. The molecule has 0 radical (unpaired) electrons. The first kappa shape index (κ1) is 18.6. The maximum Gasteiger partial charge on any atom is 0.145 e. The van der Waals surface area contributed by atoms with E-state index in [0.29, 0.717) is 10.0 Å². The maximum absolute atomic E-state index is 6.29. The summed E-state index contributed by atoms with van der Waals surface area (Å²) in [6.45, 7) is 2.27. The van der Waals surface area contributed by atoms with E-state index in [1.54, 1.807) is 17.0 Å². The van der Waals surface area contributed by atoms with Gasteiger partial charge >= 0.3 is 0 Å². The van der Waals surface area contributed by atoms with Crippen LogP contribution in [-0.2, 0) is 6.61 Å². The fourth-order valence-corrected chi connectivity index (χ4v) is 3.66. The van der Waals surface area contributed by atoms with Gasteiger partial charge in [0.05, 0.1) is 5.69 Å². The van der Waals surface area contributed by atoms with Gasteiger partial charge in [-0.05, 0) is 19.1 Å². The normalized spacial score (nSPS) is 10.8. The summed E-state index contributed by atoms with van der Waals surface area (Å²) in [5, 5.41) is 5.88. The van der Waals surface area contributed by atoms with Crippen LogP contribution in [0.15, 0.2) is 78.9 Å². The Morgan fingerprint density at radius 1 is 0.786 bits per heavy atom. The minimum atomic E-state index is 0.216. The number of hydrogen-bond donors (Lipinski definition) is 0. The van der Waals surface area contributed by atoms with Crippen LogP contribution in [0, 0.1) is 6.92 Å². The standard InChI is InChI=1S/C23H18Cl2N2O/c1-16-22(17-9-4-2-5-10-17)26-27(23(16)18-11-6-3-7-12-18)28-15-19-20(24)13-8-14-21(19)25/h2-14H,15H2,1H3. The summed E-state index contributed by atoms with van der Waals surface area (Å²) in [5.74, 6) is 0. The molecule has 0 unspecified atom stereocenters. The molecule has 5 heteroatoms. The third kappa shape index (κ3) is 3.64. The molecule has 3 aromatic carbocycles. The maximum atomic E-state index is 6.29. The molecule has 0 saturated heterocycles. The van der Waals surface area contributed by atoms with Crippen LogP contribution >= 0.6 is 23.2 Å². The third-order valence-corrected chi connectivity index (χ3v) is 5.29. The van der Waals surface area contributed by atoms with Crippen LogP contribution in [0.2, 0.25) is 10.0 Å². The van der Waals surface area contributed by atoms with E-state index in [-0.39, 0.29) is 6.61 Å². The lowest BCUT2D eigenvalue weighted by atomic mass is 10.0. The highest BCUT2D eigenvalue weighted by molar-refractivity contribution is 6.35. The molecule has 0 bridgehead atoms. The van der Waals surface area contributed by atoms with Gasteiger partial charge in [-0.15, -0.1) is 5.10 Å². The van der Waals surface area contributed by atoms with Crippen molar-refractivity contribution in [2.45, 2.75) is 13.5 Å². The Morgan fingerprint density at radius 3 is 1.96 bits per heavy atom. The molecule has 0 aliphatic rings. The number of halogens is 2. The third-order valence-electron chi connectivity index (χ3n) is 4.58. The molecule has 3 nitrogen and oxygen atoms in total. The summed E-state index contributed by atoms with van der Waals surface area (Å²) in [6.07, 6.45) is 0. The topological polar surface area (TPSA) is 27.1 Å². The monoisotopic (exact) mass is 408 g/mol. The lowest BCUT2D eigenvalue weighted by Gasteiger charge is -2.12. The number of nitrogens with zero attached hydrogens (tertiary/aromatic N) is 2. The van der Waals surface area contributed by atoms with Crippen molar-refractivity contribution in [2.75, 3.05) is 0 Å². The van der Waals surface area contributed by atoms with Crippen molar-refractivity contribution < 1.29 is 4.84 Å². The molecule has 0 aliphatic heterocycles. The van der Waals surface area contributed by atoms with Crippen LogP contribution in [-0.4, -0.2) is 9.94 Å². The van der Waals surface area contributed by atoms with E-state index in [2.05, 4.69) is 6.92 Å². The predicted octanol–water partition coefficient (Wildman–Crippen LogP) is 6.46. The summed E-state index contributed by atoms with van der Waals surface area (Å²) in [7, 11) is 0. The molecule has 4 aromatic rings. The SMILES string of the molecule is Cc1c(-c2ccccc2)nn(OCc2c(Cl)cccc2Cl)c1-c1ccccc1. The molecule has 0 fully saturated rings. The first-order valence-electron chi connectivity index (χ1n) is 8.92. The second kappa shape index (κ2) is 8.09. The van der Waals surface area contributed by atoms with E-state index < -0.39 is 0 Å².